The highest BCUT2D eigenvalue weighted by Crippen LogP contribution is 2.33. The van der Waals surface area contributed by atoms with Gasteiger partial charge in [0.15, 0.2) is 5.16 Å². The van der Waals surface area contributed by atoms with Gasteiger partial charge in [0.2, 0.25) is 5.91 Å². The van der Waals surface area contributed by atoms with Gasteiger partial charge in [0.1, 0.15) is 11.6 Å². The number of hydrogen-bond acceptors (Lipinski definition) is 7. The maximum atomic E-state index is 12.3. The van der Waals surface area contributed by atoms with Crippen LogP contribution in [0.5, 0.6) is 0 Å². The summed E-state index contributed by atoms with van der Waals surface area (Å²) in [5.41, 5.74) is 12.0. The number of benzene rings is 2. The number of anilines is 3. The quantitative estimate of drug-likeness (QED) is 0.441. The maximum Gasteiger partial charge on any atom is 0.234 e. The number of nitrogens with zero attached hydrogens (tertiary/aromatic N) is 2. The molecule has 1 heterocycles. The van der Waals surface area contributed by atoms with Gasteiger partial charge < -0.3 is 16.8 Å². The largest absolute Gasteiger partial charge is 0.383 e. The third-order valence-corrected chi connectivity index (χ3v) is 5.14. The summed E-state index contributed by atoms with van der Waals surface area (Å²) >= 11 is 2.78. The van der Waals surface area contributed by atoms with Crippen LogP contribution in [0, 0.1) is 0 Å². The summed E-state index contributed by atoms with van der Waals surface area (Å²) in [6.45, 7) is 0. The van der Waals surface area contributed by atoms with Crippen LogP contribution in [0.4, 0.5) is 17.3 Å². The van der Waals surface area contributed by atoms with E-state index in [0.717, 1.165) is 15.5 Å². The van der Waals surface area contributed by atoms with Gasteiger partial charge in [-0.3, -0.25) is 4.79 Å². The molecule has 6 nitrogen and oxygen atoms in total. The van der Waals surface area contributed by atoms with Gasteiger partial charge in [0, 0.05) is 15.9 Å². The molecule has 132 valence electrons. The molecule has 0 aliphatic heterocycles. The molecule has 5 N–H and O–H groups in total. The molecular weight excluding hydrogens is 366 g/mol. The number of carbonyl (C=O) groups excluding carboxylic acids is 1. The minimum absolute atomic E-state index is 0.152. The zero-order valence-electron chi connectivity index (χ0n) is 13.8. The number of thioether (sulfide) groups is 1. The third kappa shape index (κ3) is 5.14. The number of nitrogens with two attached hydrogens (primary N) is 2. The lowest BCUT2D eigenvalue weighted by Gasteiger charge is -2.10. The summed E-state index contributed by atoms with van der Waals surface area (Å²) in [6.07, 6.45) is 0. The second kappa shape index (κ2) is 8.59. The summed E-state index contributed by atoms with van der Waals surface area (Å²) in [6, 6.07) is 19.2. The second-order valence-electron chi connectivity index (χ2n) is 5.25. The molecular formula is C18H17N5OS2. The lowest BCUT2D eigenvalue weighted by Crippen LogP contribution is -2.15. The molecule has 3 rings (SSSR count). The fourth-order valence-electron chi connectivity index (χ4n) is 2.12. The molecule has 0 radical (unpaired) electrons. The van der Waals surface area contributed by atoms with Crippen LogP contribution >= 0.6 is 23.5 Å². The van der Waals surface area contributed by atoms with Crippen molar-refractivity contribution in [3.8, 4) is 0 Å². The lowest BCUT2D eigenvalue weighted by atomic mass is 10.3. The molecule has 2 aromatic carbocycles. The van der Waals surface area contributed by atoms with Gasteiger partial charge in [-0.15, -0.1) is 0 Å². The van der Waals surface area contributed by atoms with Crippen molar-refractivity contribution in [3.05, 3.63) is 60.7 Å². The van der Waals surface area contributed by atoms with Crippen LogP contribution in [0.25, 0.3) is 0 Å². The Morgan fingerprint density at radius 3 is 2.35 bits per heavy atom. The minimum Gasteiger partial charge on any atom is -0.383 e. The molecule has 0 aliphatic rings. The van der Waals surface area contributed by atoms with Gasteiger partial charge in [-0.1, -0.05) is 53.9 Å². The summed E-state index contributed by atoms with van der Waals surface area (Å²) in [7, 11) is 0. The van der Waals surface area contributed by atoms with Gasteiger partial charge in [-0.25, -0.2) is 9.97 Å². The molecule has 1 aromatic heterocycles. The monoisotopic (exact) mass is 383 g/mol. The van der Waals surface area contributed by atoms with Crippen molar-refractivity contribution < 1.29 is 4.79 Å². The van der Waals surface area contributed by atoms with Gasteiger partial charge in [-0.05, 0) is 24.3 Å². The third-order valence-electron chi connectivity index (χ3n) is 3.21. The van der Waals surface area contributed by atoms with Crippen LogP contribution in [0.2, 0.25) is 0 Å². The van der Waals surface area contributed by atoms with Crippen LogP contribution in [-0.4, -0.2) is 21.6 Å². The number of aromatic nitrogens is 2. The zero-order valence-corrected chi connectivity index (χ0v) is 15.4. The van der Waals surface area contributed by atoms with Crippen LogP contribution in [0.3, 0.4) is 0 Å². The van der Waals surface area contributed by atoms with E-state index in [2.05, 4.69) is 15.3 Å². The van der Waals surface area contributed by atoms with E-state index in [1.807, 2.05) is 54.6 Å². The number of amides is 1. The van der Waals surface area contributed by atoms with E-state index in [9.17, 15) is 4.79 Å². The molecule has 0 aliphatic carbocycles. The molecule has 26 heavy (non-hydrogen) atoms. The van der Waals surface area contributed by atoms with E-state index in [0.29, 0.717) is 5.16 Å². The Morgan fingerprint density at radius 2 is 1.62 bits per heavy atom. The fourth-order valence-corrected chi connectivity index (χ4v) is 3.71. The number of nitrogens with one attached hydrogen (secondary N) is 1. The minimum atomic E-state index is -0.152. The van der Waals surface area contributed by atoms with E-state index < -0.39 is 0 Å². The van der Waals surface area contributed by atoms with Crippen LogP contribution in [0.1, 0.15) is 0 Å². The highest BCUT2D eigenvalue weighted by Gasteiger charge is 2.10. The Bertz CT molecular complexity index is 885. The van der Waals surface area contributed by atoms with E-state index in [4.69, 9.17) is 11.5 Å². The zero-order chi connectivity index (χ0) is 18.4. The molecule has 0 fully saturated rings. The van der Waals surface area contributed by atoms with Crippen molar-refractivity contribution in [2.24, 2.45) is 0 Å². The Balaban J connectivity index is 1.64. The molecule has 0 bridgehead atoms. The molecule has 0 unspecified atom stereocenters. The summed E-state index contributed by atoms with van der Waals surface area (Å²) in [5, 5.41) is 3.31. The van der Waals surface area contributed by atoms with E-state index >= 15 is 0 Å². The molecule has 1 amide bonds. The van der Waals surface area contributed by atoms with Crippen molar-refractivity contribution in [2.75, 3.05) is 22.5 Å². The highest BCUT2D eigenvalue weighted by atomic mass is 32.2. The average Bonchev–Trinajstić information content (AvgIpc) is 2.62. The van der Waals surface area contributed by atoms with Crippen LogP contribution in [-0.2, 0) is 4.79 Å². The Kier molecular flexibility index (Phi) is 5.98. The van der Waals surface area contributed by atoms with Crippen LogP contribution in [0.15, 0.2) is 75.6 Å². The summed E-state index contributed by atoms with van der Waals surface area (Å²) < 4.78 is 0. The van der Waals surface area contributed by atoms with Gasteiger partial charge in [0.05, 0.1) is 11.4 Å². The maximum absolute atomic E-state index is 12.3. The van der Waals surface area contributed by atoms with Crippen molar-refractivity contribution in [1.82, 2.24) is 9.97 Å². The van der Waals surface area contributed by atoms with Gasteiger partial charge in [0.25, 0.3) is 0 Å². The molecule has 0 atom stereocenters. The topological polar surface area (TPSA) is 107 Å². The summed E-state index contributed by atoms with van der Waals surface area (Å²) in [5.74, 6) is 0.573. The number of nitrogen functional groups attached to an aromatic ring is 2. The predicted molar refractivity (Wildman–Crippen MR) is 107 cm³/mol. The Morgan fingerprint density at radius 1 is 0.962 bits per heavy atom. The van der Waals surface area contributed by atoms with E-state index in [1.165, 1.54) is 17.8 Å². The summed E-state index contributed by atoms with van der Waals surface area (Å²) in [4.78, 5) is 22.5. The molecule has 0 spiro atoms. The first-order valence-electron chi connectivity index (χ1n) is 7.75. The molecule has 0 saturated heterocycles. The van der Waals surface area contributed by atoms with Crippen molar-refractivity contribution >= 4 is 46.8 Å². The SMILES string of the molecule is Nc1cc(N)nc(SCC(=O)Nc2ccccc2Sc2ccccc2)n1. The lowest BCUT2D eigenvalue weighted by molar-refractivity contribution is -0.113. The number of rotatable bonds is 6. The first-order valence-corrected chi connectivity index (χ1v) is 9.55. The highest BCUT2D eigenvalue weighted by molar-refractivity contribution is 8.00. The number of hydrogen-bond donors (Lipinski definition) is 3. The normalized spacial score (nSPS) is 10.5. The van der Waals surface area contributed by atoms with Crippen LogP contribution < -0.4 is 16.8 Å². The van der Waals surface area contributed by atoms with E-state index in [-0.39, 0.29) is 23.3 Å². The van der Waals surface area contributed by atoms with Gasteiger partial charge in [-0.2, -0.15) is 0 Å². The number of carbonyl (C=O) groups is 1. The fraction of sp³-hybridized carbons (Fsp3) is 0.0556. The Hall–Kier alpha value is -2.71. The first kappa shape index (κ1) is 18.1. The molecule has 8 heteroatoms. The standard InChI is InChI=1S/C18H17N5OS2/c19-15-10-16(20)23-18(22-15)25-11-17(24)21-13-8-4-5-9-14(13)26-12-6-2-1-3-7-12/h1-10H,11H2,(H,21,24)(H4,19,20,22,23). The molecule has 3 aromatic rings. The number of para-hydroxylation sites is 1. The van der Waals surface area contributed by atoms with Crippen molar-refractivity contribution in [1.29, 1.82) is 0 Å². The first-order chi connectivity index (χ1) is 12.6. The predicted octanol–water partition coefficient (Wildman–Crippen LogP) is 3.52. The second-order valence-corrected chi connectivity index (χ2v) is 7.31. The van der Waals surface area contributed by atoms with Gasteiger partial charge >= 0.3 is 0 Å². The Labute approximate surface area is 159 Å². The smallest absolute Gasteiger partial charge is 0.234 e. The van der Waals surface area contributed by atoms with Crippen molar-refractivity contribution in [2.45, 2.75) is 14.9 Å². The average molecular weight is 384 g/mol. The van der Waals surface area contributed by atoms with Crippen molar-refractivity contribution in [3.63, 3.8) is 0 Å². The van der Waals surface area contributed by atoms with E-state index in [1.54, 1.807) is 11.8 Å². The molecule has 0 saturated carbocycles.